The largest absolute Gasteiger partial charge is 0.477 e. The van der Waals surface area contributed by atoms with Crippen molar-refractivity contribution < 1.29 is 42.9 Å². The molecule has 0 radical (unpaired) electrons. The maximum absolute atomic E-state index is 12.9. The van der Waals surface area contributed by atoms with Gasteiger partial charge in [-0.15, -0.1) is 0 Å². The van der Waals surface area contributed by atoms with Gasteiger partial charge in [0, 0.05) is 12.8 Å². The molecule has 0 amide bonds. The van der Waals surface area contributed by atoms with E-state index in [1.54, 1.807) is 0 Å². The van der Waals surface area contributed by atoms with Crippen LogP contribution in [0.2, 0.25) is 0 Å². The van der Waals surface area contributed by atoms with E-state index in [0.29, 0.717) is 23.9 Å². The molecule has 0 aliphatic carbocycles. The Labute approximate surface area is 433 Å². The number of quaternary nitrogens is 1. The van der Waals surface area contributed by atoms with Gasteiger partial charge in [-0.25, -0.2) is 4.79 Å². The Morgan fingerprint density at radius 1 is 0.423 bits per heavy atom. The van der Waals surface area contributed by atoms with E-state index in [1.165, 1.54) is 0 Å². The first-order chi connectivity index (χ1) is 34.6. The van der Waals surface area contributed by atoms with Crippen molar-refractivity contribution in [3.63, 3.8) is 0 Å². The van der Waals surface area contributed by atoms with Crippen LogP contribution in [0.1, 0.15) is 181 Å². The molecule has 1 N–H and O–H groups in total. The molecule has 0 bridgehead atoms. The zero-order chi connectivity index (χ0) is 52.0. The molecule has 0 aromatic heterocycles. The predicted molar refractivity (Wildman–Crippen MR) is 299 cm³/mol. The summed E-state index contributed by atoms with van der Waals surface area (Å²) in [6.45, 7) is 4.58. The van der Waals surface area contributed by atoms with Gasteiger partial charge in [0.2, 0.25) is 0 Å². The summed E-state index contributed by atoms with van der Waals surface area (Å²) in [5, 5.41) is 9.69. The van der Waals surface area contributed by atoms with Crippen LogP contribution < -0.4 is 0 Å². The van der Waals surface area contributed by atoms with Gasteiger partial charge in [-0.2, -0.15) is 0 Å². The topological polar surface area (TPSA) is 108 Å². The maximum Gasteiger partial charge on any atom is 0.361 e. The first-order valence-corrected chi connectivity index (χ1v) is 27.3. The zero-order valence-electron chi connectivity index (χ0n) is 45.3. The zero-order valence-corrected chi connectivity index (χ0v) is 45.3. The summed E-state index contributed by atoms with van der Waals surface area (Å²) >= 11 is 0. The van der Waals surface area contributed by atoms with E-state index in [1.807, 2.05) is 21.1 Å². The molecular weight excluding hydrogens is 887 g/mol. The van der Waals surface area contributed by atoms with Crippen molar-refractivity contribution in [2.75, 3.05) is 47.5 Å². The Bertz CT molecular complexity index is 1620. The van der Waals surface area contributed by atoms with E-state index >= 15 is 0 Å². The van der Waals surface area contributed by atoms with Crippen molar-refractivity contribution in [2.45, 2.75) is 193 Å². The fraction of sp³-hybridized carbons (Fsp3) is 0.597. The first-order valence-electron chi connectivity index (χ1n) is 27.3. The van der Waals surface area contributed by atoms with Crippen LogP contribution >= 0.6 is 0 Å². The molecule has 2 unspecified atom stereocenters. The SMILES string of the molecule is CC/C=C\C/C=C\C/C=C\C/C=C\C/C=C\C/C=C\CCCCCCCCC(=O)OC(COC(=O)CCCCCCC/C=C\C/C=C\C/C=C\C/C=C\C/C=C\CC)COC(OCC[N+](C)(C)C)C(=O)O. The highest BCUT2D eigenvalue weighted by Gasteiger charge is 2.25. The standard InChI is InChI=1S/C62H99NO8/c1-6-8-10-12-14-16-18-20-22-24-26-28-29-30-31-33-35-37-39-41-43-45-47-49-51-53-60(65)71-58(57-70-62(61(66)67)68-55-54-63(3,4)5)56-69-59(64)52-50-48-46-44-42-40-38-36-34-32-27-25-23-21-19-17-15-13-11-9-7-2/h8-11,14-17,20-23,26-28,30-32,35-38,58,62H,6-7,12-13,18-19,24-25,29,33-34,39-57H2,1-5H3/p+1/b10-8-,11-9-,16-14-,17-15-,22-20-,23-21-,28-26-,31-30-,32-27-,37-35-,38-36-. The Kier molecular flexibility index (Phi) is 48.4. The summed E-state index contributed by atoms with van der Waals surface area (Å²) in [5.41, 5.74) is 0. The lowest BCUT2D eigenvalue weighted by molar-refractivity contribution is -0.870. The summed E-state index contributed by atoms with van der Waals surface area (Å²) in [7, 11) is 5.94. The highest BCUT2D eigenvalue weighted by atomic mass is 16.7. The number of hydrogen-bond acceptors (Lipinski definition) is 7. The second kappa shape index (κ2) is 51.8. The van der Waals surface area contributed by atoms with Gasteiger partial charge in [0.25, 0.3) is 6.29 Å². The van der Waals surface area contributed by atoms with Gasteiger partial charge in [0.15, 0.2) is 6.10 Å². The fourth-order valence-corrected chi connectivity index (χ4v) is 6.75. The van der Waals surface area contributed by atoms with Gasteiger partial charge in [-0.05, 0) is 109 Å². The number of unbranched alkanes of at least 4 members (excludes halogenated alkanes) is 11. The minimum absolute atomic E-state index is 0.172. The van der Waals surface area contributed by atoms with Gasteiger partial charge in [-0.3, -0.25) is 9.59 Å². The number of carboxylic acids is 1. The molecule has 0 heterocycles. The lowest BCUT2D eigenvalue weighted by Gasteiger charge is -2.25. The van der Waals surface area contributed by atoms with Crippen LogP contribution in [0.15, 0.2) is 134 Å². The second-order valence-corrected chi connectivity index (χ2v) is 18.8. The van der Waals surface area contributed by atoms with Crippen LogP contribution in [0.5, 0.6) is 0 Å². The number of allylic oxidation sites excluding steroid dienone is 22. The number of aliphatic carboxylic acids is 1. The van der Waals surface area contributed by atoms with Crippen LogP contribution in [-0.4, -0.2) is 87.4 Å². The number of carbonyl (C=O) groups is 3. The number of nitrogens with zero attached hydrogens (tertiary/aromatic N) is 1. The number of ether oxygens (including phenoxy) is 4. The highest BCUT2D eigenvalue weighted by Crippen LogP contribution is 2.13. The van der Waals surface area contributed by atoms with Crippen LogP contribution in [0, 0.1) is 0 Å². The minimum atomic E-state index is -1.53. The van der Waals surface area contributed by atoms with Crippen molar-refractivity contribution in [3.8, 4) is 0 Å². The molecule has 9 heteroatoms. The smallest absolute Gasteiger partial charge is 0.361 e. The predicted octanol–water partition coefficient (Wildman–Crippen LogP) is 15.9. The van der Waals surface area contributed by atoms with E-state index in [0.717, 1.165) is 141 Å². The Morgan fingerprint density at radius 3 is 1.13 bits per heavy atom. The van der Waals surface area contributed by atoms with E-state index in [4.69, 9.17) is 18.9 Å². The average Bonchev–Trinajstić information content (AvgIpc) is 3.34. The van der Waals surface area contributed by atoms with Gasteiger partial charge in [0.05, 0.1) is 34.4 Å². The van der Waals surface area contributed by atoms with Gasteiger partial charge in [0.1, 0.15) is 13.2 Å². The summed E-state index contributed by atoms with van der Waals surface area (Å²) in [6.07, 6.45) is 70.8. The molecule has 0 aliphatic rings. The molecule has 0 saturated heterocycles. The van der Waals surface area contributed by atoms with E-state index < -0.39 is 24.3 Å². The number of carboxylic acid groups (broad SMARTS) is 1. The monoisotopic (exact) mass is 987 g/mol. The number of carbonyl (C=O) groups excluding carboxylic acids is 2. The van der Waals surface area contributed by atoms with Crippen molar-refractivity contribution in [2.24, 2.45) is 0 Å². The van der Waals surface area contributed by atoms with Gasteiger partial charge >= 0.3 is 17.9 Å². The van der Waals surface area contributed by atoms with Crippen molar-refractivity contribution in [3.05, 3.63) is 134 Å². The molecule has 0 aromatic carbocycles. The molecule has 0 aliphatic heterocycles. The van der Waals surface area contributed by atoms with Crippen molar-refractivity contribution in [1.82, 2.24) is 0 Å². The second-order valence-electron chi connectivity index (χ2n) is 18.8. The quantitative estimate of drug-likeness (QED) is 0.0211. The van der Waals surface area contributed by atoms with Crippen LogP contribution in [0.3, 0.4) is 0 Å². The maximum atomic E-state index is 12.9. The lowest BCUT2D eigenvalue weighted by atomic mass is 10.1. The van der Waals surface area contributed by atoms with E-state index in [-0.39, 0.29) is 38.6 Å². The molecule has 9 nitrogen and oxygen atoms in total. The first kappa shape index (κ1) is 66.4. The minimum Gasteiger partial charge on any atom is -0.477 e. The molecule has 0 spiro atoms. The van der Waals surface area contributed by atoms with E-state index in [9.17, 15) is 19.5 Å². The van der Waals surface area contributed by atoms with Crippen LogP contribution in [0.25, 0.3) is 0 Å². The molecule has 0 saturated carbocycles. The molecule has 2 atom stereocenters. The van der Waals surface area contributed by atoms with Crippen molar-refractivity contribution in [1.29, 1.82) is 0 Å². The molecule has 0 rings (SSSR count). The molecular formula is C62H100NO8+. The summed E-state index contributed by atoms with van der Waals surface area (Å²) in [4.78, 5) is 37.4. The number of hydrogen-bond donors (Lipinski definition) is 1. The fourth-order valence-electron chi connectivity index (χ4n) is 6.75. The molecule has 0 fully saturated rings. The molecule has 400 valence electrons. The number of esters is 2. The molecule has 0 aromatic rings. The number of likely N-dealkylation sites (N-methyl/N-ethyl adjacent to an activating group) is 1. The third kappa shape index (κ3) is 53.1. The van der Waals surface area contributed by atoms with Crippen LogP contribution in [-0.2, 0) is 33.3 Å². The average molecular weight is 987 g/mol. The Morgan fingerprint density at radius 2 is 0.761 bits per heavy atom. The Hall–Kier alpha value is -4.57. The third-order valence-electron chi connectivity index (χ3n) is 10.9. The highest BCUT2D eigenvalue weighted by molar-refractivity contribution is 5.71. The third-order valence-corrected chi connectivity index (χ3v) is 10.9. The lowest BCUT2D eigenvalue weighted by Crippen LogP contribution is -2.40. The van der Waals surface area contributed by atoms with Gasteiger partial charge < -0.3 is 28.5 Å². The summed E-state index contributed by atoms with van der Waals surface area (Å²) < 4.78 is 22.8. The molecule has 71 heavy (non-hydrogen) atoms. The number of rotatable bonds is 48. The normalized spacial score (nSPS) is 13.9. The Balaban J connectivity index is 4.41. The van der Waals surface area contributed by atoms with Crippen molar-refractivity contribution >= 4 is 17.9 Å². The summed E-state index contributed by atoms with van der Waals surface area (Å²) in [6, 6.07) is 0. The summed E-state index contributed by atoms with van der Waals surface area (Å²) in [5.74, 6) is -2.07. The van der Waals surface area contributed by atoms with Crippen LogP contribution in [0.4, 0.5) is 0 Å². The van der Waals surface area contributed by atoms with Gasteiger partial charge in [-0.1, -0.05) is 192 Å². The van der Waals surface area contributed by atoms with E-state index in [2.05, 4.69) is 148 Å².